The molecule has 0 amide bonds. The van der Waals surface area contributed by atoms with Crippen LogP contribution in [0.1, 0.15) is 12.5 Å². The third-order valence-electron chi connectivity index (χ3n) is 4.20. The fourth-order valence-electron chi connectivity index (χ4n) is 2.86. The summed E-state index contributed by atoms with van der Waals surface area (Å²) >= 11 is 5.97. The summed E-state index contributed by atoms with van der Waals surface area (Å²) in [7, 11) is 1.66. The van der Waals surface area contributed by atoms with Gasteiger partial charge in [-0.1, -0.05) is 18.5 Å². The van der Waals surface area contributed by atoms with Crippen molar-refractivity contribution in [2.75, 3.05) is 46.4 Å². The third kappa shape index (κ3) is 9.06. The van der Waals surface area contributed by atoms with Crippen molar-refractivity contribution in [3.05, 3.63) is 28.8 Å². The summed E-state index contributed by atoms with van der Waals surface area (Å²) in [6.07, 6.45) is 0. The summed E-state index contributed by atoms with van der Waals surface area (Å²) in [4.78, 5) is 6.55. The van der Waals surface area contributed by atoms with Crippen molar-refractivity contribution < 1.29 is 18.3 Å². The van der Waals surface area contributed by atoms with E-state index in [0.717, 1.165) is 39.4 Å². The Bertz CT molecular complexity index is 619. The summed E-state index contributed by atoms with van der Waals surface area (Å²) in [6.45, 7) is 4.75. The summed E-state index contributed by atoms with van der Waals surface area (Å²) in [5, 5.41) is 6.82. The number of morpholine rings is 1. The van der Waals surface area contributed by atoms with E-state index in [1.807, 2.05) is 0 Å². The molecule has 0 radical (unpaired) electrons. The van der Waals surface area contributed by atoms with E-state index in [9.17, 15) is 8.78 Å². The van der Waals surface area contributed by atoms with Gasteiger partial charge in [-0.25, -0.2) is 0 Å². The molecule has 0 aromatic heterocycles. The highest BCUT2D eigenvalue weighted by Gasteiger charge is 2.14. The molecule has 1 saturated heterocycles. The zero-order valence-electron chi connectivity index (χ0n) is 16.1. The van der Waals surface area contributed by atoms with E-state index in [1.165, 1.54) is 12.1 Å². The van der Waals surface area contributed by atoms with Crippen molar-refractivity contribution in [3.63, 3.8) is 0 Å². The number of benzene rings is 1. The average molecular weight is 533 g/mol. The van der Waals surface area contributed by atoms with E-state index in [0.29, 0.717) is 22.5 Å². The maximum Gasteiger partial charge on any atom is 0.387 e. The fourth-order valence-corrected chi connectivity index (χ4v) is 3.05. The van der Waals surface area contributed by atoms with Crippen LogP contribution < -0.4 is 15.4 Å². The first-order valence-electron chi connectivity index (χ1n) is 8.95. The van der Waals surface area contributed by atoms with E-state index in [2.05, 4.69) is 32.2 Å². The van der Waals surface area contributed by atoms with Crippen molar-refractivity contribution in [1.29, 1.82) is 0 Å². The van der Waals surface area contributed by atoms with Gasteiger partial charge in [0.05, 0.1) is 13.2 Å². The van der Waals surface area contributed by atoms with Crippen LogP contribution in [0.4, 0.5) is 8.78 Å². The third-order valence-corrected chi connectivity index (χ3v) is 4.44. The van der Waals surface area contributed by atoms with Crippen molar-refractivity contribution in [1.82, 2.24) is 15.5 Å². The molecule has 1 atom stereocenters. The molecule has 0 aliphatic carbocycles. The second kappa shape index (κ2) is 13.3. The zero-order valence-corrected chi connectivity index (χ0v) is 19.2. The van der Waals surface area contributed by atoms with Gasteiger partial charge >= 0.3 is 6.61 Å². The predicted octanol–water partition coefficient (Wildman–Crippen LogP) is 3.19. The standard InChI is InChI=1S/C18H27ClF2N4O2.HI/c1-13(12-25-5-7-26-8-6-25)10-23-18(22-2)24-11-14-9-15(19)3-4-16(14)27-17(20)21;/h3-4,9,13,17H,5-8,10-12H2,1-2H3,(H2,22,23,24);1H. The SMILES string of the molecule is CN=C(NCc1cc(Cl)ccc1OC(F)F)NCC(C)CN1CCOCC1.I. The molecule has 6 nitrogen and oxygen atoms in total. The van der Waals surface area contributed by atoms with Gasteiger partial charge in [0.1, 0.15) is 5.75 Å². The molecule has 1 aliphatic heterocycles. The number of guanidine groups is 1. The fraction of sp³-hybridized carbons (Fsp3) is 0.611. The first-order chi connectivity index (χ1) is 13.0. The summed E-state index contributed by atoms with van der Waals surface area (Å²) in [5.41, 5.74) is 0.534. The van der Waals surface area contributed by atoms with Crippen LogP contribution in [0.5, 0.6) is 5.75 Å². The van der Waals surface area contributed by atoms with Crippen LogP contribution in [0.3, 0.4) is 0 Å². The first kappa shape index (κ1) is 25.1. The topological polar surface area (TPSA) is 58.1 Å². The highest BCUT2D eigenvalue weighted by atomic mass is 127. The van der Waals surface area contributed by atoms with Crippen LogP contribution in [-0.2, 0) is 11.3 Å². The first-order valence-corrected chi connectivity index (χ1v) is 9.33. The molecular formula is C18H28ClF2IN4O2. The highest BCUT2D eigenvalue weighted by molar-refractivity contribution is 14.0. The monoisotopic (exact) mass is 532 g/mol. The van der Waals surface area contributed by atoms with Crippen LogP contribution in [0, 0.1) is 5.92 Å². The molecule has 160 valence electrons. The van der Waals surface area contributed by atoms with Crippen LogP contribution >= 0.6 is 35.6 Å². The van der Waals surface area contributed by atoms with Crippen LogP contribution in [0.25, 0.3) is 0 Å². The molecule has 0 spiro atoms. The molecule has 1 aromatic carbocycles. The molecule has 2 rings (SSSR count). The number of alkyl halides is 2. The molecule has 1 fully saturated rings. The Morgan fingerprint density at radius 3 is 2.68 bits per heavy atom. The average Bonchev–Trinajstić information content (AvgIpc) is 2.64. The van der Waals surface area contributed by atoms with Crippen LogP contribution in [-0.4, -0.2) is 63.9 Å². The molecule has 28 heavy (non-hydrogen) atoms. The van der Waals surface area contributed by atoms with E-state index in [1.54, 1.807) is 13.1 Å². The van der Waals surface area contributed by atoms with Gasteiger partial charge in [0.2, 0.25) is 0 Å². The molecular weight excluding hydrogens is 505 g/mol. The molecule has 2 N–H and O–H groups in total. The van der Waals surface area contributed by atoms with Gasteiger partial charge in [-0.2, -0.15) is 8.78 Å². The number of nitrogens with zero attached hydrogens (tertiary/aromatic N) is 2. The highest BCUT2D eigenvalue weighted by Crippen LogP contribution is 2.24. The molecule has 10 heteroatoms. The summed E-state index contributed by atoms with van der Waals surface area (Å²) in [6, 6.07) is 4.55. The Kier molecular flexibility index (Phi) is 12.0. The minimum Gasteiger partial charge on any atom is -0.434 e. The van der Waals surface area contributed by atoms with Crippen molar-refractivity contribution in [2.24, 2.45) is 10.9 Å². The second-order valence-electron chi connectivity index (χ2n) is 6.46. The maximum atomic E-state index is 12.5. The van der Waals surface area contributed by atoms with Gasteiger partial charge in [0.15, 0.2) is 5.96 Å². The molecule has 0 bridgehead atoms. The zero-order chi connectivity index (χ0) is 19.6. The van der Waals surface area contributed by atoms with E-state index < -0.39 is 6.61 Å². The Balaban J connectivity index is 0.00000392. The number of nitrogens with one attached hydrogen (secondary N) is 2. The van der Waals surface area contributed by atoms with Gasteiger partial charge < -0.3 is 20.1 Å². The van der Waals surface area contributed by atoms with Crippen LogP contribution in [0.2, 0.25) is 5.02 Å². The lowest BCUT2D eigenvalue weighted by Gasteiger charge is -2.29. The molecule has 0 saturated carbocycles. The number of halogens is 4. The Hall–Kier alpha value is -0.910. The largest absolute Gasteiger partial charge is 0.434 e. The van der Waals surface area contributed by atoms with E-state index >= 15 is 0 Å². The number of aliphatic imine (C=N–C) groups is 1. The van der Waals surface area contributed by atoms with Gasteiger partial charge in [0, 0.05) is 50.4 Å². The maximum absolute atomic E-state index is 12.5. The lowest BCUT2D eigenvalue weighted by Crippen LogP contribution is -2.43. The van der Waals surface area contributed by atoms with Gasteiger partial charge in [-0.3, -0.25) is 9.89 Å². The van der Waals surface area contributed by atoms with Crippen molar-refractivity contribution >= 4 is 41.5 Å². The Labute approximate surface area is 187 Å². The van der Waals surface area contributed by atoms with E-state index in [-0.39, 0.29) is 36.3 Å². The molecule has 1 aromatic rings. The van der Waals surface area contributed by atoms with Crippen molar-refractivity contribution in [2.45, 2.75) is 20.1 Å². The minimum absolute atomic E-state index is 0. The lowest BCUT2D eigenvalue weighted by atomic mass is 10.1. The smallest absolute Gasteiger partial charge is 0.387 e. The number of hydrogen-bond acceptors (Lipinski definition) is 4. The van der Waals surface area contributed by atoms with Crippen LogP contribution in [0.15, 0.2) is 23.2 Å². The Morgan fingerprint density at radius 1 is 1.32 bits per heavy atom. The molecule has 1 unspecified atom stereocenters. The minimum atomic E-state index is -2.89. The lowest BCUT2D eigenvalue weighted by molar-refractivity contribution is -0.0504. The molecule has 1 aliphatic rings. The number of rotatable bonds is 8. The van der Waals surface area contributed by atoms with Gasteiger partial charge in [-0.05, 0) is 24.1 Å². The van der Waals surface area contributed by atoms with Gasteiger partial charge in [0.25, 0.3) is 0 Å². The predicted molar refractivity (Wildman–Crippen MR) is 118 cm³/mol. The summed E-state index contributed by atoms with van der Waals surface area (Å²) in [5.74, 6) is 1.11. The Morgan fingerprint density at radius 2 is 2.04 bits per heavy atom. The second-order valence-corrected chi connectivity index (χ2v) is 6.89. The normalized spacial score (nSPS) is 16.4. The molecule has 1 heterocycles. The quantitative estimate of drug-likeness (QED) is 0.306. The number of ether oxygens (including phenoxy) is 2. The summed E-state index contributed by atoms with van der Waals surface area (Å²) < 4.78 is 35.0. The number of hydrogen-bond donors (Lipinski definition) is 2. The van der Waals surface area contributed by atoms with E-state index in [4.69, 9.17) is 16.3 Å². The van der Waals surface area contributed by atoms with Crippen molar-refractivity contribution in [3.8, 4) is 5.75 Å². The van der Waals surface area contributed by atoms with Gasteiger partial charge in [-0.15, -0.1) is 24.0 Å².